The normalized spacial score (nSPS) is 11.5. The summed E-state index contributed by atoms with van der Waals surface area (Å²) in [5.74, 6) is 0.239. The van der Waals surface area contributed by atoms with Crippen molar-refractivity contribution >= 4 is 38.6 Å². The molecule has 4 aromatic carbocycles. The average Bonchev–Trinajstić information content (AvgIpc) is 2.60. The van der Waals surface area contributed by atoms with Crippen molar-refractivity contribution in [2.24, 2.45) is 10.2 Å². The first-order valence-corrected chi connectivity index (χ1v) is 7.77. The van der Waals surface area contributed by atoms with Crippen molar-refractivity contribution in [3.63, 3.8) is 0 Å². The molecule has 5 heteroatoms. The molecule has 0 bridgehead atoms. The number of anilines is 1. The van der Waals surface area contributed by atoms with Gasteiger partial charge in [-0.25, -0.2) is 0 Å². The zero-order valence-corrected chi connectivity index (χ0v) is 13.2. The van der Waals surface area contributed by atoms with Gasteiger partial charge >= 0.3 is 0 Å². The summed E-state index contributed by atoms with van der Waals surface area (Å²) < 4.78 is 0. The van der Waals surface area contributed by atoms with Crippen LogP contribution in [0.2, 0.25) is 0 Å². The number of fused-ring (bicyclic) bond motifs is 2. The molecule has 0 saturated heterocycles. The van der Waals surface area contributed by atoms with E-state index in [1.54, 1.807) is 36.4 Å². The Balaban J connectivity index is 1.87. The standard InChI is InChI=1S/C20H15N3O2/c21-17-5-2-4-16-15(17)9-10-19(25)20(16)23-22-18-6-1-3-12-11-13(24)7-8-14(12)18/h1-11,24-25H,21H2. The number of rotatable bonds is 2. The summed E-state index contributed by atoms with van der Waals surface area (Å²) in [5.41, 5.74) is 7.64. The van der Waals surface area contributed by atoms with Crippen LogP contribution in [0.25, 0.3) is 21.5 Å². The highest BCUT2D eigenvalue weighted by Gasteiger charge is 2.08. The zero-order chi connectivity index (χ0) is 17.4. The van der Waals surface area contributed by atoms with E-state index < -0.39 is 0 Å². The number of hydrogen-bond donors (Lipinski definition) is 3. The Labute approximate surface area is 143 Å². The highest BCUT2D eigenvalue weighted by molar-refractivity contribution is 6.01. The van der Waals surface area contributed by atoms with Gasteiger partial charge in [0.1, 0.15) is 17.2 Å². The highest BCUT2D eigenvalue weighted by atomic mass is 16.3. The van der Waals surface area contributed by atoms with E-state index in [-0.39, 0.29) is 11.5 Å². The first kappa shape index (κ1) is 15.0. The van der Waals surface area contributed by atoms with Gasteiger partial charge in [0.2, 0.25) is 0 Å². The SMILES string of the molecule is Nc1cccc2c(N=Nc3cccc4cc(O)ccc34)c(O)ccc12. The third kappa shape index (κ3) is 2.61. The van der Waals surface area contributed by atoms with Crippen LogP contribution in [0, 0.1) is 0 Å². The highest BCUT2D eigenvalue weighted by Crippen LogP contribution is 2.38. The van der Waals surface area contributed by atoms with Gasteiger partial charge in [-0.2, -0.15) is 0 Å². The van der Waals surface area contributed by atoms with Crippen LogP contribution >= 0.6 is 0 Å². The third-order valence-corrected chi connectivity index (χ3v) is 4.14. The van der Waals surface area contributed by atoms with E-state index in [1.165, 1.54) is 0 Å². The predicted octanol–water partition coefficient (Wildman–Crippen LogP) is 5.40. The lowest BCUT2D eigenvalue weighted by molar-refractivity contribution is 0.476. The smallest absolute Gasteiger partial charge is 0.143 e. The molecule has 0 amide bonds. The Morgan fingerprint density at radius 3 is 2.40 bits per heavy atom. The summed E-state index contributed by atoms with van der Waals surface area (Å²) in [6.45, 7) is 0. The van der Waals surface area contributed by atoms with E-state index in [1.807, 2.05) is 30.3 Å². The number of nitrogens with zero attached hydrogens (tertiary/aromatic N) is 2. The quantitative estimate of drug-likeness (QED) is 0.339. The molecule has 25 heavy (non-hydrogen) atoms. The second kappa shape index (κ2) is 5.79. The van der Waals surface area contributed by atoms with Gasteiger partial charge in [-0.3, -0.25) is 0 Å². The molecular weight excluding hydrogens is 314 g/mol. The van der Waals surface area contributed by atoms with Gasteiger partial charge in [0.05, 0.1) is 5.69 Å². The van der Waals surface area contributed by atoms with E-state index in [0.29, 0.717) is 17.1 Å². The number of aromatic hydroxyl groups is 2. The van der Waals surface area contributed by atoms with Crippen LogP contribution in [-0.4, -0.2) is 10.2 Å². The van der Waals surface area contributed by atoms with Crippen molar-refractivity contribution in [1.29, 1.82) is 0 Å². The number of phenolic OH excluding ortho intramolecular Hbond substituents is 2. The first-order valence-electron chi connectivity index (χ1n) is 7.77. The molecule has 0 saturated carbocycles. The zero-order valence-electron chi connectivity index (χ0n) is 13.2. The molecule has 0 aromatic heterocycles. The number of azo groups is 1. The maximum absolute atomic E-state index is 10.2. The number of benzene rings is 4. The van der Waals surface area contributed by atoms with Gasteiger partial charge in [0.15, 0.2) is 0 Å². The summed E-state index contributed by atoms with van der Waals surface area (Å²) in [6, 6.07) is 19.4. The van der Waals surface area contributed by atoms with Gasteiger partial charge in [-0.1, -0.05) is 24.3 Å². The molecule has 4 aromatic rings. The maximum Gasteiger partial charge on any atom is 0.143 e. The van der Waals surface area contributed by atoms with Crippen LogP contribution in [0.1, 0.15) is 0 Å². The molecule has 0 heterocycles. The second-order valence-corrected chi connectivity index (χ2v) is 5.76. The lowest BCUT2D eigenvalue weighted by atomic mass is 10.1. The van der Waals surface area contributed by atoms with Gasteiger partial charge in [-0.15, -0.1) is 10.2 Å². The van der Waals surface area contributed by atoms with E-state index in [4.69, 9.17) is 5.73 Å². The lowest BCUT2D eigenvalue weighted by Gasteiger charge is -2.06. The van der Waals surface area contributed by atoms with E-state index >= 15 is 0 Å². The molecule has 0 radical (unpaired) electrons. The van der Waals surface area contributed by atoms with Crippen LogP contribution in [-0.2, 0) is 0 Å². The van der Waals surface area contributed by atoms with Gasteiger partial charge in [-0.05, 0) is 47.9 Å². The summed E-state index contributed by atoms with van der Waals surface area (Å²) >= 11 is 0. The van der Waals surface area contributed by atoms with E-state index in [0.717, 1.165) is 21.5 Å². The fourth-order valence-electron chi connectivity index (χ4n) is 2.90. The van der Waals surface area contributed by atoms with Crippen LogP contribution in [0.4, 0.5) is 17.1 Å². The molecule has 4 N–H and O–H groups in total. The topological polar surface area (TPSA) is 91.2 Å². The second-order valence-electron chi connectivity index (χ2n) is 5.76. The number of hydrogen-bond acceptors (Lipinski definition) is 5. The molecule has 5 nitrogen and oxygen atoms in total. The van der Waals surface area contributed by atoms with Crippen molar-refractivity contribution in [1.82, 2.24) is 0 Å². The number of phenols is 2. The largest absolute Gasteiger partial charge is 0.508 e. The van der Waals surface area contributed by atoms with Gasteiger partial charge < -0.3 is 15.9 Å². The van der Waals surface area contributed by atoms with Crippen LogP contribution in [0.15, 0.2) is 77.0 Å². The van der Waals surface area contributed by atoms with Crippen molar-refractivity contribution in [2.75, 3.05) is 5.73 Å². The Morgan fingerprint density at radius 1 is 0.720 bits per heavy atom. The van der Waals surface area contributed by atoms with Crippen LogP contribution < -0.4 is 5.73 Å². The minimum Gasteiger partial charge on any atom is -0.508 e. The average molecular weight is 329 g/mol. The lowest BCUT2D eigenvalue weighted by Crippen LogP contribution is -1.86. The molecule has 0 aliphatic heterocycles. The minimum atomic E-state index is 0.0414. The Kier molecular flexibility index (Phi) is 3.47. The van der Waals surface area contributed by atoms with Crippen molar-refractivity contribution in [2.45, 2.75) is 0 Å². The monoisotopic (exact) mass is 329 g/mol. The number of nitrogens with two attached hydrogens (primary N) is 1. The molecule has 0 aliphatic carbocycles. The third-order valence-electron chi connectivity index (χ3n) is 4.14. The summed E-state index contributed by atoms with van der Waals surface area (Å²) in [5, 5.41) is 31.7. The summed E-state index contributed by atoms with van der Waals surface area (Å²) in [7, 11) is 0. The van der Waals surface area contributed by atoms with Crippen molar-refractivity contribution < 1.29 is 10.2 Å². The van der Waals surface area contributed by atoms with Gasteiger partial charge in [0, 0.05) is 21.8 Å². The molecule has 0 spiro atoms. The summed E-state index contributed by atoms with van der Waals surface area (Å²) in [6.07, 6.45) is 0. The molecule has 122 valence electrons. The molecule has 0 fully saturated rings. The van der Waals surface area contributed by atoms with Crippen molar-refractivity contribution in [3.8, 4) is 11.5 Å². The maximum atomic E-state index is 10.2. The van der Waals surface area contributed by atoms with E-state index in [9.17, 15) is 10.2 Å². The fraction of sp³-hybridized carbons (Fsp3) is 0. The molecule has 0 aliphatic rings. The van der Waals surface area contributed by atoms with Crippen LogP contribution in [0.3, 0.4) is 0 Å². The van der Waals surface area contributed by atoms with Gasteiger partial charge in [0.25, 0.3) is 0 Å². The fourth-order valence-corrected chi connectivity index (χ4v) is 2.90. The minimum absolute atomic E-state index is 0.0414. The first-order chi connectivity index (χ1) is 12.1. The molecular formula is C20H15N3O2. The predicted molar refractivity (Wildman–Crippen MR) is 99.8 cm³/mol. The van der Waals surface area contributed by atoms with E-state index in [2.05, 4.69) is 10.2 Å². The molecule has 0 atom stereocenters. The van der Waals surface area contributed by atoms with Crippen LogP contribution in [0.5, 0.6) is 11.5 Å². The Bertz CT molecular complexity index is 1140. The Hall–Kier alpha value is -3.60. The molecule has 4 rings (SSSR count). The summed E-state index contributed by atoms with van der Waals surface area (Å²) in [4.78, 5) is 0. The van der Waals surface area contributed by atoms with Crippen molar-refractivity contribution in [3.05, 3.63) is 66.7 Å². The Morgan fingerprint density at radius 2 is 1.52 bits per heavy atom. The number of nitrogen functional groups attached to an aromatic ring is 1. The molecule has 0 unspecified atom stereocenters.